The standard InChI is InChI=1S/C18H25N5O/c1-18(2)12-15(14-6-4-5-7-16(14)24-18)22-17(19-3)21-9-11-23-10-8-20-13-23/h4-8,10,13,15H,9,11-12H2,1-3H3,(H2,19,21,22). The van der Waals surface area contributed by atoms with Crippen LogP contribution < -0.4 is 15.4 Å². The lowest BCUT2D eigenvalue weighted by molar-refractivity contribution is 0.0694. The van der Waals surface area contributed by atoms with Crippen molar-refractivity contribution < 1.29 is 4.74 Å². The smallest absolute Gasteiger partial charge is 0.191 e. The lowest BCUT2D eigenvalue weighted by atomic mass is 9.90. The van der Waals surface area contributed by atoms with Gasteiger partial charge in [-0.2, -0.15) is 0 Å². The van der Waals surface area contributed by atoms with E-state index in [-0.39, 0.29) is 11.6 Å². The molecule has 0 amide bonds. The summed E-state index contributed by atoms with van der Waals surface area (Å²) in [5.74, 6) is 1.74. The summed E-state index contributed by atoms with van der Waals surface area (Å²) in [7, 11) is 1.79. The van der Waals surface area contributed by atoms with Crippen molar-refractivity contribution in [1.29, 1.82) is 0 Å². The molecule has 1 aromatic carbocycles. The molecule has 0 aliphatic carbocycles. The number of imidazole rings is 1. The average molecular weight is 327 g/mol. The van der Waals surface area contributed by atoms with E-state index in [0.29, 0.717) is 0 Å². The number of aliphatic imine (C=N–C) groups is 1. The molecule has 24 heavy (non-hydrogen) atoms. The highest BCUT2D eigenvalue weighted by Crippen LogP contribution is 2.39. The first-order valence-electron chi connectivity index (χ1n) is 8.28. The molecule has 1 unspecified atom stereocenters. The maximum absolute atomic E-state index is 6.08. The molecule has 0 spiro atoms. The molecule has 0 saturated carbocycles. The second-order valence-corrected chi connectivity index (χ2v) is 6.60. The molecule has 1 aliphatic rings. The van der Waals surface area contributed by atoms with Crippen LogP contribution in [0, 0.1) is 0 Å². The van der Waals surface area contributed by atoms with E-state index in [1.54, 1.807) is 13.2 Å². The first-order valence-corrected chi connectivity index (χ1v) is 8.28. The van der Waals surface area contributed by atoms with Gasteiger partial charge in [0.25, 0.3) is 0 Å². The quantitative estimate of drug-likeness (QED) is 0.668. The highest BCUT2D eigenvalue weighted by atomic mass is 16.5. The van der Waals surface area contributed by atoms with Crippen molar-refractivity contribution in [2.75, 3.05) is 13.6 Å². The van der Waals surface area contributed by atoms with Crippen LogP contribution in [0.4, 0.5) is 0 Å². The third kappa shape index (κ3) is 3.88. The highest BCUT2D eigenvalue weighted by molar-refractivity contribution is 5.80. The Morgan fingerprint density at radius 1 is 1.42 bits per heavy atom. The molecule has 1 aromatic heterocycles. The maximum atomic E-state index is 6.08. The number of nitrogens with zero attached hydrogens (tertiary/aromatic N) is 3. The van der Waals surface area contributed by atoms with E-state index in [1.807, 2.05) is 35.3 Å². The van der Waals surface area contributed by atoms with Crippen molar-refractivity contribution in [1.82, 2.24) is 20.2 Å². The normalized spacial score (nSPS) is 19.3. The fourth-order valence-corrected chi connectivity index (χ4v) is 3.01. The van der Waals surface area contributed by atoms with Crippen LogP contribution in [-0.2, 0) is 6.54 Å². The molecule has 0 bridgehead atoms. The van der Waals surface area contributed by atoms with Gasteiger partial charge in [-0.1, -0.05) is 18.2 Å². The first kappa shape index (κ1) is 16.4. The molecule has 0 radical (unpaired) electrons. The fraction of sp³-hybridized carbons (Fsp3) is 0.444. The van der Waals surface area contributed by atoms with Crippen LogP contribution in [0.15, 0.2) is 48.0 Å². The minimum absolute atomic E-state index is 0.171. The second-order valence-electron chi connectivity index (χ2n) is 6.60. The third-order valence-corrected chi connectivity index (χ3v) is 4.13. The van der Waals surface area contributed by atoms with Gasteiger partial charge in [0.2, 0.25) is 0 Å². The topological polar surface area (TPSA) is 63.5 Å². The SMILES string of the molecule is CN=C(NCCn1ccnc1)NC1CC(C)(C)Oc2ccccc21. The van der Waals surface area contributed by atoms with Gasteiger partial charge in [0.05, 0.1) is 12.4 Å². The van der Waals surface area contributed by atoms with E-state index < -0.39 is 0 Å². The third-order valence-electron chi connectivity index (χ3n) is 4.13. The molecule has 2 N–H and O–H groups in total. The van der Waals surface area contributed by atoms with E-state index in [1.165, 1.54) is 5.56 Å². The van der Waals surface area contributed by atoms with Gasteiger partial charge in [-0.25, -0.2) is 4.98 Å². The molecular weight excluding hydrogens is 302 g/mol. The summed E-state index contributed by atoms with van der Waals surface area (Å²) in [4.78, 5) is 8.40. The molecular formula is C18H25N5O. The number of nitrogens with one attached hydrogen (secondary N) is 2. The maximum Gasteiger partial charge on any atom is 0.191 e. The Bertz CT molecular complexity index is 693. The van der Waals surface area contributed by atoms with Gasteiger partial charge in [-0.15, -0.1) is 0 Å². The summed E-state index contributed by atoms with van der Waals surface area (Å²) in [5.41, 5.74) is 0.969. The molecule has 6 nitrogen and oxygen atoms in total. The number of guanidine groups is 1. The van der Waals surface area contributed by atoms with Gasteiger partial charge in [0.15, 0.2) is 5.96 Å². The Morgan fingerprint density at radius 2 is 2.25 bits per heavy atom. The summed E-state index contributed by atoms with van der Waals surface area (Å²) in [6, 6.07) is 8.37. The van der Waals surface area contributed by atoms with Gasteiger partial charge in [0, 0.05) is 44.5 Å². The number of fused-ring (bicyclic) bond motifs is 1. The van der Waals surface area contributed by atoms with Crippen molar-refractivity contribution in [2.45, 2.75) is 38.5 Å². The molecule has 128 valence electrons. The monoisotopic (exact) mass is 327 g/mol. The van der Waals surface area contributed by atoms with Crippen molar-refractivity contribution >= 4 is 5.96 Å². The number of hydrogen-bond donors (Lipinski definition) is 2. The number of benzene rings is 1. The summed E-state index contributed by atoms with van der Waals surface area (Å²) < 4.78 is 8.12. The van der Waals surface area contributed by atoms with E-state index >= 15 is 0 Å². The van der Waals surface area contributed by atoms with Crippen LogP contribution in [-0.4, -0.2) is 34.7 Å². The summed E-state index contributed by atoms with van der Waals surface area (Å²) in [6.45, 7) is 5.86. The number of ether oxygens (including phenoxy) is 1. The molecule has 2 aromatic rings. The molecule has 1 atom stereocenters. The summed E-state index contributed by atoms with van der Waals surface area (Å²) in [6.07, 6.45) is 6.44. The Hall–Kier alpha value is -2.50. The Kier molecular flexibility index (Phi) is 4.74. The Labute approximate surface area is 143 Å². The second kappa shape index (κ2) is 6.95. The number of aromatic nitrogens is 2. The van der Waals surface area contributed by atoms with Gasteiger partial charge in [-0.3, -0.25) is 4.99 Å². The van der Waals surface area contributed by atoms with Gasteiger partial charge >= 0.3 is 0 Å². The molecule has 6 heteroatoms. The summed E-state index contributed by atoms with van der Waals surface area (Å²) >= 11 is 0. The zero-order valence-electron chi connectivity index (χ0n) is 14.5. The van der Waals surface area contributed by atoms with Crippen LogP contribution in [0.1, 0.15) is 31.9 Å². The van der Waals surface area contributed by atoms with Crippen molar-refractivity contribution in [3.63, 3.8) is 0 Å². The molecule has 1 aliphatic heterocycles. The Morgan fingerprint density at radius 3 is 3.00 bits per heavy atom. The van der Waals surface area contributed by atoms with Crippen molar-refractivity contribution in [3.8, 4) is 5.75 Å². The van der Waals surface area contributed by atoms with E-state index in [9.17, 15) is 0 Å². The van der Waals surface area contributed by atoms with Crippen LogP contribution in [0.25, 0.3) is 0 Å². The van der Waals surface area contributed by atoms with Crippen LogP contribution >= 0.6 is 0 Å². The fourth-order valence-electron chi connectivity index (χ4n) is 3.01. The molecule has 3 rings (SSSR count). The minimum atomic E-state index is -0.207. The highest BCUT2D eigenvalue weighted by Gasteiger charge is 2.33. The zero-order chi connectivity index (χ0) is 17.0. The van der Waals surface area contributed by atoms with Gasteiger partial charge < -0.3 is 19.9 Å². The van der Waals surface area contributed by atoms with Crippen molar-refractivity contribution in [2.24, 2.45) is 4.99 Å². The predicted molar refractivity (Wildman–Crippen MR) is 95.2 cm³/mol. The van der Waals surface area contributed by atoms with Crippen LogP contribution in [0.5, 0.6) is 5.75 Å². The summed E-state index contributed by atoms with van der Waals surface area (Å²) in [5, 5.41) is 6.89. The van der Waals surface area contributed by atoms with Gasteiger partial charge in [-0.05, 0) is 19.9 Å². The molecule has 2 heterocycles. The minimum Gasteiger partial charge on any atom is -0.487 e. The van der Waals surface area contributed by atoms with Crippen molar-refractivity contribution in [3.05, 3.63) is 48.5 Å². The predicted octanol–water partition coefficient (Wildman–Crippen LogP) is 2.35. The zero-order valence-corrected chi connectivity index (χ0v) is 14.5. The largest absolute Gasteiger partial charge is 0.487 e. The number of para-hydroxylation sites is 1. The number of hydrogen-bond acceptors (Lipinski definition) is 3. The first-order chi connectivity index (χ1) is 11.6. The van der Waals surface area contributed by atoms with E-state index in [2.05, 4.69) is 40.5 Å². The van der Waals surface area contributed by atoms with Crippen LogP contribution in [0.3, 0.4) is 0 Å². The van der Waals surface area contributed by atoms with Crippen LogP contribution in [0.2, 0.25) is 0 Å². The lowest BCUT2D eigenvalue weighted by Crippen LogP contribution is -2.45. The number of rotatable bonds is 4. The van der Waals surface area contributed by atoms with E-state index in [4.69, 9.17) is 4.74 Å². The Balaban J connectivity index is 1.64. The van der Waals surface area contributed by atoms with Gasteiger partial charge in [0.1, 0.15) is 11.4 Å². The molecule has 0 saturated heterocycles. The average Bonchev–Trinajstić information content (AvgIpc) is 3.06. The molecule has 0 fully saturated rings. The van der Waals surface area contributed by atoms with E-state index in [0.717, 1.165) is 31.2 Å². The lowest BCUT2D eigenvalue weighted by Gasteiger charge is -2.38.